The van der Waals surface area contributed by atoms with Crippen molar-refractivity contribution in [2.75, 3.05) is 24.7 Å². The van der Waals surface area contributed by atoms with Gasteiger partial charge in [-0.05, 0) is 49.9 Å². The molecule has 0 aliphatic heterocycles. The number of furan rings is 1. The Hall–Kier alpha value is -3.53. The van der Waals surface area contributed by atoms with Crippen molar-refractivity contribution in [3.05, 3.63) is 47.2 Å². The van der Waals surface area contributed by atoms with E-state index in [1.165, 1.54) is 18.3 Å². The first kappa shape index (κ1) is 23.6. The summed E-state index contributed by atoms with van der Waals surface area (Å²) in [5.74, 6) is -2.25. The lowest BCUT2D eigenvalue weighted by atomic mass is 9.81. The molecule has 3 aromatic heterocycles. The third-order valence-corrected chi connectivity index (χ3v) is 6.04. The Labute approximate surface area is 199 Å². The molecule has 0 atom stereocenters. The Morgan fingerprint density at radius 1 is 1.06 bits per heavy atom. The Morgan fingerprint density at radius 3 is 2.41 bits per heavy atom. The lowest BCUT2D eigenvalue weighted by Gasteiger charge is -2.28. The molecule has 3 amide bonds. The van der Waals surface area contributed by atoms with Gasteiger partial charge in [0.15, 0.2) is 5.58 Å². The zero-order chi connectivity index (χ0) is 24.4. The first-order valence-electron chi connectivity index (χ1n) is 10.8. The van der Waals surface area contributed by atoms with Gasteiger partial charge in [-0.1, -0.05) is 11.6 Å². The second kappa shape index (κ2) is 9.76. The van der Waals surface area contributed by atoms with E-state index in [-0.39, 0.29) is 52.0 Å². The van der Waals surface area contributed by atoms with Crippen LogP contribution in [0.3, 0.4) is 0 Å². The highest BCUT2D eigenvalue weighted by molar-refractivity contribution is 6.30. The minimum absolute atomic E-state index is 0.0162. The molecule has 11 heteroatoms. The number of nitrogens with zero attached hydrogens (tertiary/aromatic N) is 3. The summed E-state index contributed by atoms with van der Waals surface area (Å²) in [5, 5.41) is 5.68. The average molecular weight is 488 g/mol. The van der Waals surface area contributed by atoms with Crippen LogP contribution in [0.1, 0.15) is 36.2 Å². The second-order valence-electron chi connectivity index (χ2n) is 8.37. The average Bonchev–Trinajstić information content (AvgIpc) is 3.17. The molecule has 178 valence electrons. The van der Waals surface area contributed by atoms with Crippen LogP contribution in [0.4, 0.5) is 15.9 Å². The summed E-state index contributed by atoms with van der Waals surface area (Å²) in [6, 6.07) is 5.50. The van der Waals surface area contributed by atoms with E-state index in [4.69, 9.17) is 16.0 Å². The summed E-state index contributed by atoms with van der Waals surface area (Å²) < 4.78 is 19.5. The van der Waals surface area contributed by atoms with E-state index >= 15 is 0 Å². The number of nitrogens with one attached hydrogen (secondary N) is 2. The number of halogens is 2. The second-order valence-corrected chi connectivity index (χ2v) is 8.81. The Kier molecular flexibility index (Phi) is 6.78. The maximum atomic E-state index is 13.9. The van der Waals surface area contributed by atoms with Crippen molar-refractivity contribution in [1.82, 2.24) is 14.9 Å². The minimum Gasteiger partial charge on any atom is -0.447 e. The molecule has 0 spiro atoms. The number of hydrogen-bond donors (Lipinski definition) is 2. The third kappa shape index (κ3) is 5.01. The van der Waals surface area contributed by atoms with Gasteiger partial charge in [0.1, 0.15) is 17.0 Å². The van der Waals surface area contributed by atoms with Crippen molar-refractivity contribution in [3.8, 4) is 0 Å². The number of hydrogen-bond acceptors (Lipinski definition) is 6. The van der Waals surface area contributed by atoms with Crippen LogP contribution in [0.15, 0.2) is 34.9 Å². The molecular weight excluding hydrogens is 465 g/mol. The Balaban J connectivity index is 1.55. The van der Waals surface area contributed by atoms with Crippen LogP contribution >= 0.6 is 11.6 Å². The van der Waals surface area contributed by atoms with Crippen LogP contribution < -0.4 is 10.6 Å². The van der Waals surface area contributed by atoms with Gasteiger partial charge >= 0.3 is 0 Å². The standard InChI is InChI=1S/C23H23ClFN5O4/c1-30(2)23(33)13-5-3-12(4-6-13)21(31)29-19-18-15(8-9-16(25)27-18)34-20(19)22(32)28-17-10-7-14(24)11-26-17/h7-13H,3-6H2,1-2H3,(H,29,31)(H,26,28,32)/t12-,13-. The predicted molar refractivity (Wildman–Crippen MR) is 124 cm³/mol. The molecule has 1 fully saturated rings. The predicted octanol–water partition coefficient (Wildman–Crippen LogP) is 4.10. The van der Waals surface area contributed by atoms with Gasteiger partial charge < -0.3 is 20.0 Å². The SMILES string of the molecule is CN(C)C(=O)[C@H]1CC[C@H](C(=O)Nc2c(C(=O)Nc3ccc(Cl)cn3)oc3ccc(F)nc23)CC1. The van der Waals surface area contributed by atoms with Crippen molar-refractivity contribution in [3.63, 3.8) is 0 Å². The summed E-state index contributed by atoms with van der Waals surface area (Å²) in [6.07, 6.45) is 3.58. The van der Waals surface area contributed by atoms with Gasteiger partial charge in [0.25, 0.3) is 5.91 Å². The van der Waals surface area contributed by atoms with Gasteiger partial charge in [-0.15, -0.1) is 0 Å². The van der Waals surface area contributed by atoms with Gasteiger partial charge in [-0.2, -0.15) is 4.39 Å². The third-order valence-electron chi connectivity index (χ3n) is 5.81. The summed E-state index contributed by atoms with van der Waals surface area (Å²) >= 11 is 5.83. The maximum Gasteiger partial charge on any atom is 0.294 e. The first-order valence-corrected chi connectivity index (χ1v) is 11.1. The molecule has 0 bridgehead atoms. The summed E-state index contributed by atoms with van der Waals surface area (Å²) in [6.45, 7) is 0. The number of carbonyl (C=O) groups is 3. The summed E-state index contributed by atoms with van der Waals surface area (Å²) in [4.78, 5) is 47.6. The molecule has 1 aliphatic rings. The van der Waals surface area contributed by atoms with E-state index in [2.05, 4.69) is 20.6 Å². The molecule has 9 nitrogen and oxygen atoms in total. The van der Waals surface area contributed by atoms with E-state index in [1.54, 1.807) is 25.1 Å². The number of carbonyl (C=O) groups excluding carboxylic acids is 3. The normalized spacial score (nSPS) is 17.9. The summed E-state index contributed by atoms with van der Waals surface area (Å²) in [5.41, 5.74) is 0.155. The van der Waals surface area contributed by atoms with Crippen LogP contribution in [0.2, 0.25) is 5.02 Å². The van der Waals surface area contributed by atoms with Crippen LogP contribution in [-0.4, -0.2) is 46.7 Å². The van der Waals surface area contributed by atoms with Crippen molar-refractivity contribution < 1.29 is 23.2 Å². The largest absolute Gasteiger partial charge is 0.447 e. The number of aromatic nitrogens is 2. The molecule has 0 aromatic carbocycles. The zero-order valence-electron chi connectivity index (χ0n) is 18.6. The van der Waals surface area contributed by atoms with Crippen molar-refractivity contribution in [2.45, 2.75) is 25.7 Å². The molecule has 34 heavy (non-hydrogen) atoms. The molecule has 0 radical (unpaired) electrons. The van der Waals surface area contributed by atoms with E-state index in [0.717, 1.165) is 6.07 Å². The smallest absolute Gasteiger partial charge is 0.294 e. The van der Waals surface area contributed by atoms with Crippen molar-refractivity contribution in [2.24, 2.45) is 11.8 Å². The number of rotatable bonds is 5. The van der Waals surface area contributed by atoms with Gasteiger partial charge in [0.05, 0.1) is 5.02 Å². The van der Waals surface area contributed by atoms with Crippen molar-refractivity contribution in [1.29, 1.82) is 0 Å². The highest BCUT2D eigenvalue weighted by atomic mass is 35.5. The molecule has 2 N–H and O–H groups in total. The fraction of sp³-hybridized carbons (Fsp3) is 0.348. The molecule has 1 saturated carbocycles. The highest BCUT2D eigenvalue weighted by Crippen LogP contribution is 2.34. The number of amides is 3. The Bertz CT molecular complexity index is 1240. The van der Waals surface area contributed by atoms with E-state index in [9.17, 15) is 18.8 Å². The quantitative estimate of drug-likeness (QED) is 0.523. The van der Waals surface area contributed by atoms with Gasteiger partial charge in [-0.25, -0.2) is 9.97 Å². The van der Waals surface area contributed by atoms with Crippen LogP contribution in [0.5, 0.6) is 0 Å². The van der Waals surface area contributed by atoms with Crippen LogP contribution in [0.25, 0.3) is 11.1 Å². The maximum absolute atomic E-state index is 13.9. The van der Waals surface area contributed by atoms with E-state index in [1.807, 2.05) is 0 Å². The highest BCUT2D eigenvalue weighted by Gasteiger charge is 2.32. The minimum atomic E-state index is -0.780. The van der Waals surface area contributed by atoms with Crippen molar-refractivity contribution >= 4 is 51.9 Å². The Morgan fingerprint density at radius 2 is 1.76 bits per heavy atom. The number of pyridine rings is 2. The summed E-state index contributed by atoms with van der Waals surface area (Å²) in [7, 11) is 3.42. The number of anilines is 2. The topological polar surface area (TPSA) is 117 Å². The lowest BCUT2D eigenvalue weighted by molar-refractivity contribution is -0.135. The monoisotopic (exact) mass is 487 g/mol. The molecule has 1 aliphatic carbocycles. The fourth-order valence-electron chi connectivity index (χ4n) is 4.04. The molecule has 3 aromatic rings. The molecule has 4 rings (SSSR count). The van der Waals surface area contributed by atoms with Gasteiger partial charge in [0.2, 0.25) is 23.5 Å². The van der Waals surface area contributed by atoms with Crippen LogP contribution in [-0.2, 0) is 9.59 Å². The molecule has 0 saturated heterocycles. The van der Waals surface area contributed by atoms with E-state index in [0.29, 0.717) is 30.7 Å². The molecular formula is C23H23ClFN5O4. The molecule has 3 heterocycles. The fourth-order valence-corrected chi connectivity index (χ4v) is 4.16. The number of fused-ring (bicyclic) bond motifs is 1. The molecule has 0 unspecified atom stereocenters. The van der Waals surface area contributed by atoms with Gasteiger partial charge in [0, 0.05) is 32.1 Å². The van der Waals surface area contributed by atoms with E-state index < -0.39 is 11.9 Å². The lowest BCUT2D eigenvalue weighted by Crippen LogP contribution is -2.35. The first-order chi connectivity index (χ1) is 16.2. The zero-order valence-corrected chi connectivity index (χ0v) is 19.4. The van der Waals surface area contributed by atoms with Gasteiger partial charge in [-0.3, -0.25) is 14.4 Å². The van der Waals surface area contributed by atoms with Crippen LogP contribution in [0, 0.1) is 17.8 Å².